The Bertz CT molecular complexity index is 894. The molecule has 10 nitrogen and oxygen atoms in total. The monoisotopic (exact) mass is 392 g/mol. The molecule has 0 bridgehead atoms. The first-order valence-corrected chi connectivity index (χ1v) is 8.33. The van der Waals surface area contributed by atoms with E-state index < -0.39 is 42.3 Å². The van der Waals surface area contributed by atoms with E-state index in [4.69, 9.17) is 5.11 Å². The molecule has 0 aromatic heterocycles. The number of phenolic OH excluding ortho intramolecular Hbond substituents is 4. The molecule has 3 rings (SSSR count). The van der Waals surface area contributed by atoms with Crippen molar-refractivity contribution in [2.75, 3.05) is 17.4 Å². The molecule has 1 saturated carbocycles. The third kappa shape index (κ3) is 3.13. The van der Waals surface area contributed by atoms with Gasteiger partial charge in [-0.05, 0) is 0 Å². The van der Waals surface area contributed by atoms with Gasteiger partial charge in [0.05, 0.1) is 17.9 Å². The van der Waals surface area contributed by atoms with Crippen LogP contribution in [0.4, 0.5) is 11.4 Å². The molecule has 0 saturated heterocycles. The van der Waals surface area contributed by atoms with Crippen LogP contribution in [0, 0.1) is 0 Å². The third-order valence-corrected chi connectivity index (χ3v) is 4.91. The Morgan fingerprint density at radius 1 is 0.821 bits per heavy atom. The summed E-state index contributed by atoms with van der Waals surface area (Å²) in [5.74, 6) is -3.50. The van der Waals surface area contributed by atoms with Crippen LogP contribution in [0.1, 0.15) is 23.0 Å². The Kier molecular flexibility index (Phi) is 5.18. The second kappa shape index (κ2) is 7.43. The van der Waals surface area contributed by atoms with Crippen molar-refractivity contribution in [3.8, 4) is 23.0 Å². The predicted octanol–water partition coefficient (Wildman–Crippen LogP) is 0.0418. The molecule has 0 aliphatic heterocycles. The van der Waals surface area contributed by atoms with Gasteiger partial charge in [-0.25, -0.2) is 0 Å². The van der Waals surface area contributed by atoms with Gasteiger partial charge in [0.25, 0.3) is 0 Å². The van der Waals surface area contributed by atoms with Gasteiger partial charge in [0.15, 0.2) is 0 Å². The number of carbonyl (C=O) groups excluding carboxylic acids is 1. The molecule has 9 N–H and O–H groups in total. The summed E-state index contributed by atoms with van der Waals surface area (Å²) in [6, 6.07) is 4.42. The third-order valence-electron chi connectivity index (χ3n) is 4.91. The minimum atomic E-state index is -1.30. The molecular weight excluding hydrogens is 372 g/mol. The molecule has 1 aliphatic carbocycles. The minimum Gasteiger partial charge on any atom is -0.508 e. The van der Waals surface area contributed by atoms with Crippen LogP contribution in [0.25, 0.3) is 0 Å². The number of benzene rings is 2. The number of carbonyl (C=O) groups is 1. The summed E-state index contributed by atoms with van der Waals surface area (Å²) in [4.78, 5) is 10.8. The molecule has 0 heterocycles. The molecule has 1 aliphatic rings. The highest BCUT2D eigenvalue weighted by Gasteiger charge is 2.53. The van der Waals surface area contributed by atoms with Gasteiger partial charge >= 0.3 is 0 Å². The fraction of sp³-hybridized carbons (Fsp3) is 0.278. The summed E-state index contributed by atoms with van der Waals surface area (Å²) >= 11 is 0. The molecule has 1 amide bonds. The first kappa shape index (κ1) is 19.5. The van der Waals surface area contributed by atoms with Gasteiger partial charge in [-0.3, -0.25) is 4.79 Å². The van der Waals surface area contributed by atoms with Crippen molar-refractivity contribution in [2.45, 2.75) is 24.0 Å². The van der Waals surface area contributed by atoms with Crippen LogP contribution in [-0.4, -0.2) is 61.1 Å². The largest absolute Gasteiger partial charge is 0.508 e. The van der Waals surface area contributed by atoms with Gasteiger partial charge in [-0.15, -0.1) is 0 Å². The van der Waals surface area contributed by atoms with Gasteiger partial charge in [0, 0.05) is 52.9 Å². The maximum atomic E-state index is 10.8. The van der Waals surface area contributed by atoms with Crippen LogP contribution in [0.5, 0.6) is 23.0 Å². The van der Waals surface area contributed by atoms with E-state index >= 15 is 0 Å². The number of hydrogen-bond acceptors (Lipinski definition) is 9. The van der Waals surface area contributed by atoms with E-state index in [9.17, 15) is 35.4 Å². The summed E-state index contributed by atoms with van der Waals surface area (Å²) in [7, 11) is 0. The average molecular weight is 392 g/mol. The number of rotatable bonds is 6. The first-order valence-electron chi connectivity index (χ1n) is 8.33. The minimum absolute atomic E-state index is 0.0117. The first-order chi connectivity index (χ1) is 13.3. The summed E-state index contributed by atoms with van der Waals surface area (Å²) in [5, 5.41) is 75.0. The van der Waals surface area contributed by atoms with Crippen molar-refractivity contribution in [3.05, 3.63) is 35.4 Å². The molecule has 150 valence electrons. The van der Waals surface area contributed by atoms with Crippen LogP contribution in [0.2, 0.25) is 0 Å². The summed E-state index contributed by atoms with van der Waals surface area (Å²) in [6.07, 6.45) is -2.28. The summed E-state index contributed by atoms with van der Waals surface area (Å²) in [6.45, 7) is -0.523. The second-order valence-electron chi connectivity index (χ2n) is 6.48. The van der Waals surface area contributed by atoms with Gasteiger partial charge in [-0.1, -0.05) is 0 Å². The normalized spacial score (nSPS) is 23.7. The molecule has 2 atom stereocenters. The smallest absolute Gasteiger partial charge is 0.211 e. The number of nitrogens with one attached hydrogen (secondary N) is 2. The van der Waals surface area contributed by atoms with E-state index in [1.165, 1.54) is 6.07 Å². The Morgan fingerprint density at radius 2 is 1.29 bits per heavy atom. The van der Waals surface area contributed by atoms with E-state index in [-0.39, 0.29) is 34.0 Å². The Labute approximate surface area is 158 Å². The Balaban J connectivity index is 2.02. The van der Waals surface area contributed by atoms with Crippen LogP contribution in [0.3, 0.4) is 0 Å². The number of anilines is 2. The lowest BCUT2D eigenvalue weighted by Crippen LogP contribution is -2.52. The SMILES string of the molecule is O=CNc1cc(O)cc(O)c1C1C(O)C(c2c(O)cc(O)cc2NCO)C1O. The van der Waals surface area contributed by atoms with Crippen LogP contribution in [0.15, 0.2) is 24.3 Å². The second-order valence-corrected chi connectivity index (χ2v) is 6.48. The zero-order valence-corrected chi connectivity index (χ0v) is 14.4. The van der Waals surface area contributed by atoms with Gasteiger partial charge in [0.2, 0.25) is 6.41 Å². The molecule has 0 radical (unpaired) electrons. The van der Waals surface area contributed by atoms with Crippen LogP contribution >= 0.6 is 0 Å². The number of aliphatic hydroxyl groups is 3. The van der Waals surface area contributed by atoms with Gasteiger partial charge < -0.3 is 46.4 Å². The average Bonchev–Trinajstić information content (AvgIpc) is 2.61. The summed E-state index contributed by atoms with van der Waals surface area (Å²) in [5.41, 5.74) is 0.225. The maximum absolute atomic E-state index is 10.8. The van der Waals surface area contributed by atoms with E-state index in [2.05, 4.69) is 10.6 Å². The van der Waals surface area contributed by atoms with Gasteiger partial charge in [0.1, 0.15) is 29.7 Å². The maximum Gasteiger partial charge on any atom is 0.211 e. The molecule has 0 spiro atoms. The molecular formula is C18H20N2O8. The Hall–Kier alpha value is -3.21. The highest BCUT2D eigenvalue weighted by atomic mass is 16.3. The fourth-order valence-corrected chi connectivity index (χ4v) is 3.75. The number of amides is 1. The van der Waals surface area contributed by atoms with Crippen molar-refractivity contribution >= 4 is 17.8 Å². The molecule has 28 heavy (non-hydrogen) atoms. The highest BCUT2D eigenvalue weighted by Crippen LogP contribution is 2.55. The van der Waals surface area contributed by atoms with Crippen molar-refractivity contribution in [2.24, 2.45) is 0 Å². The van der Waals surface area contributed by atoms with Gasteiger partial charge in [-0.2, -0.15) is 0 Å². The van der Waals surface area contributed by atoms with Crippen molar-refractivity contribution in [1.82, 2.24) is 0 Å². The Morgan fingerprint density at radius 3 is 1.75 bits per heavy atom. The lowest BCUT2D eigenvalue weighted by Gasteiger charge is -2.48. The molecule has 1 fully saturated rings. The highest BCUT2D eigenvalue weighted by molar-refractivity contribution is 5.77. The molecule has 10 heteroatoms. The zero-order chi connectivity index (χ0) is 20.6. The standard InChI is InChI=1S/C18H20N2O8/c21-5-19-9-1-7(23)3-11(25)13(9)15-17(27)16(18(15)28)14-10(20-6-22)2-8(24)4-12(14)26/h1-5,15-18,20,22-28H,6H2,(H,19,21). The predicted molar refractivity (Wildman–Crippen MR) is 97.4 cm³/mol. The number of phenols is 4. The van der Waals surface area contributed by atoms with E-state index in [0.717, 1.165) is 18.2 Å². The van der Waals surface area contributed by atoms with E-state index in [0.29, 0.717) is 6.41 Å². The number of aliphatic hydroxyl groups excluding tert-OH is 3. The zero-order valence-electron chi connectivity index (χ0n) is 14.4. The van der Waals surface area contributed by atoms with Crippen molar-refractivity contribution in [3.63, 3.8) is 0 Å². The van der Waals surface area contributed by atoms with Crippen molar-refractivity contribution in [1.29, 1.82) is 0 Å². The van der Waals surface area contributed by atoms with Crippen LogP contribution < -0.4 is 10.6 Å². The van der Waals surface area contributed by atoms with Crippen LogP contribution in [-0.2, 0) is 4.79 Å². The molecule has 2 unspecified atom stereocenters. The summed E-state index contributed by atoms with van der Waals surface area (Å²) < 4.78 is 0. The van der Waals surface area contributed by atoms with E-state index in [1.807, 2.05) is 0 Å². The topological polar surface area (TPSA) is 183 Å². The lowest BCUT2D eigenvalue weighted by atomic mass is 9.62. The quantitative estimate of drug-likeness (QED) is 0.242. The number of hydrogen-bond donors (Lipinski definition) is 9. The lowest BCUT2D eigenvalue weighted by molar-refractivity contribution is -0.105. The fourth-order valence-electron chi connectivity index (χ4n) is 3.75. The van der Waals surface area contributed by atoms with E-state index in [1.54, 1.807) is 0 Å². The number of aromatic hydroxyl groups is 4. The van der Waals surface area contributed by atoms with Crippen molar-refractivity contribution < 1.29 is 40.5 Å². The molecule has 2 aromatic rings. The molecule has 2 aromatic carbocycles.